The van der Waals surface area contributed by atoms with Gasteiger partial charge in [-0.15, -0.1) is 0 Å². The Kier molecular flexibility index (Phi) is 3.46. The van der Waals surface area contributed by atoms with E-state index in [0.29, 0.717) is 22.0 Å². The quantitative estimate of drug-likeness (QED) is 0.708. The van der Waals surface area contributed by atoms with E-state index in [0.717, 1.165) is 10.9 Å². The van der Waals surface area contributed by atoms with Crippen molar-refractivity contribution in [1.82, 2.24) is 4.98 Å². The maximum absolute atomic E-state index is 12.4. The third-order valence-electron chi connectivity index (χ3n) is 3.15. The second-order valence-electron chi connectivity index (χ2n) is 4.56. The summed E-state index contributed by atoms with van der Waals surface area (Å²) in [5.74, 6) is -0.300. The Morgan fingerprint density at radius 1 is 1.14 bits per heavy atom. The average molecular weight is 298 g/mol. The SMILES string of the molecule is Nc1ccc(Cl)cc1C(=O)Nc1cccc2ncccc12. The maximum atomic E-state index is 12.4. The molecule has 0 unspecified atom stereocenters. The molecule has 3 N–H and O–H groups in total. The minimum absolute atomic E-state index is 0.300. The van der Waals surface area contributed by atoms with Gasteiger partial charge >= 0.3 is 0 Å². The van der Waals surface area contributed by atoms with Crippen LogP contribution in [0.25, 0.3) is 10.9 Å². The molecule has 0 saturated heterocycles. The van der Waals surface area contributed by atoms with Gasteiger partial charge in [0.1, 0.15) is 0 Å². The molecule has 3 aromatic rings. The van der Waals surface area contributed by atoms with Crippen LogP contribution in [-0.4, -0.2) is 10.9 Å². The van der Waals surface area contributed by atoms with Gasteiger partial charge in [-0.2, -0.15) is 0 Å². The van der Waals surface area contributed by atoms with Crippen molar-refractivity contribution >= 4 is 39.8 Å². The number of fused-ring (bicyclic) bond motifs is 1. The Balaban J connectivity index is 1.99. The lowest BCUT2D eigenvalue weighted by Crippen LogP contribution is -2.14. The minimum Gasteiger partial charge on any atom is -0.398 e. The lowest BCUT2D eigenvalue weighted by Gasteiger charge is -2.10. The fourth-order valence-corrected chi connectivity index (χ4v) is 2.30. The number of halogens is 1. The number of pyridine rings is 1. The van der Waals surface area contributed by atoms with Crippen molar-refractivity contribution in [2.75, 3.05) is 11.1 Å². The predicted octanol–water partition coefficient (Wildman–Crippen LogP) is 3.72. The summed E-state index contributed by atoms with van der Waals surface area (Å²) in [6.45, 7) is 0. The number of amides is 1. The Hall–Kier alpha value is -2.59. The first-order valence-electron chi connectivity index (χ1n) is 6.35. The largest absolute Gasteiger partial charge is 0.398 e. The van der Waals surface area contributed by atoms with Gasteiger partial charge in [-0.1, -0.05) is 17.7 Å². The summed E-state index contributed by atoms with van der Waals surface area (Å²) in [5, 5.41) is 4.19. The molecule has 5 heteroatoms. The summed E-state index contributed by atoms with van der Waals surface area (Å²) in [6, 6.07) is 14.1. The van der Waals surface area contributed by atoms with E-state index in [2.05, 4.69) is 10.3 Å². The van der Waals surface area contributed by atoms with Gasteiger partial charge in [-0.05, 0) is 42.5 Å². The second-order valence-corrected chi connectivity index (χ2v) is 5.00. The highest BCUT2D eigenvalue weighted by Gasteiger charge is 2.12. The molecule has 104 valence electrons. The maximum Gasteiger partial charge on any atom is 0.257 e. The predicted molar refractivity (Wildman–Crippen MR) is 85.6 cm³/mol. The smallest absolute Gasteiger partial charge is 0.257 e. The molecule has 0 saturated carbocycles. The van der Waals surface area contributed by atoms with E-state index in [1.165, 1.54) is 0 Å². The minimum atomic E-state index is -0.300. The molecule has 0 bridgehead atoms. The van der Waals surface area contributed by atoms with Crippen LogP contribution in [0.4, 0.5) is 11.4 Å². The summed E-state index contributed by atoms with van der Waals surface area (Å²) in [4.78, 5) is 16.6. The van der Waals surface area contributed by atoms with Crippen molar-refractivity contribution in [1.29, 1.82) is 0 Å². The highest BCUT2D eigenvalue weighted by molar-refractivity contribution is 6.31. The fraction of sp³-hybridized carbons (Fsp3) is 0. The molecule has 2 aromatic carbocycles. The molecule has 0 aliphatic carbocycles. The molecule has 1 heterocycles. The van der Waals surface area contributed by atoms with Crippen molar-refractivity contribution < 1.29 is 4.79 Å². The van der Waals surface area contributed by atoms with E-state index in [4.69, 9.17) is 17.3 Å². The van der Waals surface area contributed by atoms with Crippen LogP contribution >= 0.6 is 11.6 Å². The molecule has 3 rings (SSSR count). The number of carbonyl (C=O) groups is 1. The zero-order valence-corrected chi connectivity index (χ0v) is 11.8. The number of nitrogens with one attached hydrogen (secondary N) is 1. The van der Waals surface area contributed by atoms with Crippen LogP contribution in [-0.2, 0) is 0 Å². The van der Waals surface area contributed by atoms with Crippen LogP contribution in [0.2, 0.25) is 5.02 Å². The van der Waals surface area contributed by atoms with Gasteiger partial charge in [0.2, 0.25) is 0 Å². The summed E-state index contributed by atoms with van der Waals surface area (Å²) in [6.07, 6.45) is 1.71. The monoisotopic (exact) mass is 297 g/mol. The first kappa shape index (κ1) is 13.4. The first-order chi connectivity index (χ1) is 10.1. The second kappa shape index (κ2) is 5.42. The van der Waals surface area contributed by atoms with Gasteiger partial charge in [0, 0.05) is 22.3 Å². The fourth-order valence-electron chi connectivity index (χ4n) is 2.13. The van der Waals surface area contributed by atoms with Crippen molar-refractivity contribution in [2.24, 2.45) is 0 Å². The highest BCUT2D eigenvalue weighted by Crippen LogP contribution is 2.24. The number of nitrogens with two attached hydrogens (primary N) is 1. The van der Waals surface area contributed by atoms with Crippen LogP contribution < -0.4 is 11.1 Å². The number of carbonyl (C=O) groups excluding carboxylic acids is 1. The Morgan fingerprint density at radius 3 is 2.86 bits per heavy atom. The zero-order valence-electron chi connectivity index (χ0n) is 11.0. The number of hydrogen-bond acceptors (Lipinski definition) is 3. The molecule has 1 amide bonds. The molecular weight excluding hydrogens is 286 g/mol. The van der Waals surface area contributed by atoms with Crippen molar-refractivity contribution in [3.8, 4) is 0 Å². The van der Waals surface area contributed by atoms with E-state index in [1.807, 2.05) is 30.3 Å². The molecule has 4 nitrogen and oxygen atoms in total. The number of rotatable bonds is 2. The third kappa shape index (κ3) is 2.66. The Bertz CT molecular complexity index is 827. The molecule has 0 fully saturated rings. The summed E-state index contributed by atoms with van der Waals surface area (Å²) in [5.41, 5.74) is 8.06. The Morgan fingerprint density at radius 2 is 2.00 bits per heavy atom. The number of aromatic nitrogens is 1. The van der Waals surface area contributed by atoms with Gasteiger partial charge in [0.25, 0.3) is 5.91 Å². The molecular formula is C16H12ClN3O. The van der Waals surface area contributed by atoms with Crippen LogP contribution in [0, 0.1) is 0 Å². The number of nitrogen functional groups attached to an aromatic ring is 1. The zero-order chi connectivity index (χ0) is 14.8. The molecule has 0 radical (unpaired) electrons. The third-order valence-corrected chi connectivity index (χ3v) is 3.39. The van der Waals surface area contributed by atoms with E-state index < -0.39 is 0 Å². The molecule has 21 heavy (non-hydrogen) atoms. The van der Waals surface area contributed by atoms with Gasteiger partial charge in [-0.25, -0.2) is 0 Å². The van der Waals surface area contributed by atoms with E-state index >= 15 is 0 Å². The summed E-state index contributed by atoms with van der Waals surface area (Å²) < 4.78 is 0. The molecule has 0 atom stereocenters. The van der Waals surface area contributed by atoms with Crippen molar-refractivity contribution in [3.05, 3.63) is 65.3 Å². The molecule has 1 aromatic heterocycles. The van der Waals surface area contributed by atoms with E-state index in [1.54, 1.807) is 24.4 Å². The topological polar surface area (TPSA) is 68.0 Å². The van der Waals surface area contributed by atoms with Gasteiger partial charge in [-0.3, -0.25) is 9.78 Å². The summed E-state index contributed by atoms with van der Waals surface area (Å²) in [7, 11) is 0. The van der Waals surface area contributed by atoms with Gasteiger partial charge in [0.05, 0.1) is 16.8 Å². The first-order valence-corrected chi connectivity index (χ1v) is 6.73. The number of benzene rings is 2. The Labute approximate surface area is 126 Å². The van der Waals surface area contributed by atoms with Gasteiger partial charge < -0.3 is 11.1 Å². The highest BCUT2D eigenvalue weighted by atomic mass is 35.5. The average Bonchev–Trinajstić information content (AvgIpc) is 2.50. The van der Waals surface area contributed by atoms with E-state index in [9.17, 15) is 4.79 Å². The van der Waals surface area contributed by atoms with Crippen LogP contribution in [0.3, 0.4) is 0 Å². The lowest BCUT2D eigenvalue weighted by molar-refractivity contribution is 0.102. The van der Waals surface area contributed by atoms with Crippen molar-refractivity contribution in [3.63, 3.8) is 0 Å². The number of nitrogens with zero attached hydrogens (tertiary/aromatic N) is 1. The normalized spacial score (nSPS) is 10.5. The van der Waals surface area contributed by atoms with E-state index in [-0.39, 0.29) is 5.91 Å². The van der Waals surface area contributed by atoms with Gasteiger partial charge in [0.15, 0.2) is 0 Å². The molecule has 0 aliphatic rings. The van der Waals surface area contributed by atoms with Crippen LogP contribution in [0.1, 0.15) is 10.4 Å². The van der Waals surface area contributed by atoms with Crippen molar-refractivity contribution in [2.45, 2.75) is 0 Å². The molecule has 0 aliphatic heterocycles. The summed E-state index contributed by atoms with van der Waals surface area (Å²) >= 11 is 5.91. The van der Waals surface area contributed by atoms with Crippen LogP contribution in [0.15, 0.2) is 54.7 Å². The lowest BCUT2D eigenvalue weighted by atomic mass is 10.1. The standard InChI is InChI=1S/C16H12ClN3O/c17-10-6-7-13(18)12(9-10)16(21)20-15-5-1-4-14-11(15)3-2-8-19-14/h1-9H,18H2,(H,20,21). The molecule has 0 spiro atoms. The number of hydrogen-bond donors (Lipinski definition) is 2. The number of anilines is 2. The van der Waals surface area contributed by atoms with Crippen LogP contribution in [0.5, 0.6) is 0 Å².